The van der Waals surface area contributed by atoms with Crippen molar-refractivity contribution in [3.63, 3.8) is 0 Å². The summed E-state index contributed by atoms with van der Waals surface area (Å²) in [4.78, 5) is 41.3. The van der Waals surface area contributed by atoms with Crippen LogP contribution in [0.3, 0.4) is 0 Å². The van der Waals surface area contributed by atoms with Crippen molar-refractivity contribution in [2.45, 2.75) is 13.3 Å². The number of nitrogens with zero attached hydrogens (tertiary/aromatic N) is 5. The molecule has 0 aliphatic carbocycles. The first-order valence-corrected chi connectivity index (χ1v) is 8.72. The molecule has 4 heterocycles. The van der Waals surface area contributed by atoms with Gasteiger partial charge in [0.15, 0.2) is 0 Å². The number of halogens is 1. The minimum absolute atomic E-state index is 0.0358. The van der Waals surface area contributed by atoms with Crippen LogP contribution in [0.25, 0.3) is 0 Å². The highest BCUT2D eigenvalue weighted by atomic mass is 35.5. The molecule has 12 heteroatoms. The molecule has 30 heavy (non-hydrogen) atoms. The van der Waals surface area contributed by atoms with Crippen LogP contribution in [0.15, 0.2) is 55.0 Å². The lowest BCUT2D eigenvalue weighted by atomic mass is 10.3. The topological polar surface area (TPSA) is 154 Å². The molecule has 0 saturated carbocycles. The van der Waals surface area contributed by atoms with E-state index in [0.29, 0.717) is 12.1 Å². The molecule has 1 aliphatic rings. The van der Waals surface area contributed by atoms with Crippen molar-refractivity contribution < 1.29 is 14.6 Å². The average Bonchev–Trinajstić information content (AvgIpc) is 3.09. The van der Waals surface area contributed by atoms with E-state index in [1.54, 1.807) is 19.2 Å². The zero-order chi connectivity index (χ0) is 22.1. The van der Waals surface area contributed by atoms with Gasteiger partial charge in [-0.15, -0.1) is 0 Å². The molecule has 0 spiro atoms. The summed E-state index contributed by atoms with van der Waals surface area (Å²) >= 11 is 5.37. The Labute approximate surface area is 175 Å². The quantitative estimate of drug-likeness (QED) is 0.368. The molecule has 1 amide bonds. The van der Waals surface area contributed by atoms with E-state index in [0.717, 1.165) is 11.4 Å². The second kappa shape index (κ2) is 10.5. The zero-order valence-corrected chi connectivity index (χ0v) is 16.3. The third-order valence-corrected chi connectivity index (χ3v) is 3.90. The molecule has 0 saturated heterocycles. The molecule has 0 fully saturated rings. The zero-order valence-electron chi connectivity index (χ0n) is 15.6. The Bertz CT molecular complexity index is 996. The van der Waals surface area contributed by atoms with E-state index in [1.165, 1.54) is 30.6 Å². The highest BCUT2D eigenvalue weighted by Gasteiger charge is 2.17. The number of carbonyl (C=O) groups is 1. The van der Waals surface area contributed by atoms with Gasteiger partial charge in [0.05, 0.1) is 27.6 Å². The van der Waals surface area contributed by atoms with Crippen LogP contribution < -0.4 is 5.32 Å². The van der Waals surface area contributed by atoms with Crippen molar-refractivity contribution in [1.29, 1.82) is 0 Å². The summed E-state index contributed by atoms with van der Waals surface area (Å²) in [5, 5.41) is 22.9. The van der Waals surface area contributed by atoms with E-state index in [9.17, 15) is 25.0 Å². The van der Waals surface area contributed by atoms with Gasteiger partial charge in [-0.05, 0) is 31.2 Å². The number of aromatic nitrogens is 3. The summed E-state index contributed by atoms with van der Waals surface area (Å²) in [6.07, 6.45) is 5.05. The molecule has 154 valence electrons. The Kier molecular flexibility index (Phi) is 7.82. The van der Waals surface area contributed by atoms with E-state index in [1.807, 2.05) is 12.1 Å². The van der Waals surface area contributed by atoms with Crippen LogP contribution in [0, 0.1) is 27.2 Å². The Balaban J connectivity index is 0.000000160. The molecule has 0 aromatic carbocycles. The Morgan fingerprint density at radius 2 is 1.50 bits per heavy atom. The molecule has 0 atom stereocenters. The number of aryl methyl sites for hydroxylation is 1. The Morgan fingerprint density at radius 1 is 0.933 bits per heavy atom. The number of hydrogen-bond acceptors (Lipinski definition) is 8. The van der Waals surface area contributed by atoms with Gasteiger partial charge in [0.1, 0.15) is 5.69 Å². The van der Waals surface area contributed by atoms with E-state index >= 15 is 0 Å². The number of carbonyl (C=O) groups excluding carboxylic acids is 1. The van der Waals surface area contributed by atoms with Crippen LogP contribution in [0.2, 0.25) is 5.15 Å². The SMILES string of the molecule is Cc1ncccc1[N+](=O)[O-].O=C1Cc2ncccc2N1.O=[N+]([O-])c1cccnc1Cl. The van der Waals surface area contributed by atoms with Crippen molar-refractivity contribution in [1.82, 2.24) is 15.0 Å². The Hall–Kier alpha value is -3.99. The van der Waals surface area contributed by atoms with Crippen molar-refractivity contribution in [3.8, 4) is 0 Å². The van der Waals surface area contributed by atoms with E-state index in [2.05, 4.69) is 20.3 Å². The average molecular weight is 431 g/mol. The van der Waals surface area contributed by atoms with E-state index in [4.69, 9.17) is 11.6 Å². The predicted molar refractivity (Wildman–Crippen MR) is 108 cm³/mol. The van der Waals surface area contributed by atoms with Gasteiger partial charge in [-0.2, -0.15) is 0 Å². The molecular formula is C18H15ClN6O5. The van der Waals surface area contributed by atoms with Gasteiger partial charge in [0.25, 0.3) is 5.69 Å². The number of amides is 1. The number of fused-ring (bicyclic) bond motifs is 1. The minimum atomic E-state index is -0.574. The van der Waals surface area contributed by atoms with Crippen LogP contribution in [0.5, 0.6) is 0 Å². The molecule has 3 aromatic rings. The van der Waals surface area contributed by atoms with Gasteiger partial charge >= 0.3 is 5.69 Å². The highest BCUT2D eigenvalue weighted by Crippen LogP contribution is 2.19. The smallest absolute Gasteiger partial charge is 0.306 e. The molecular weight excluding hydrogens is 416 g/mol. The lowest BCUT2D eigenvalue weighted by molar-refractivity contribution is -0.385. The number of anilines is 1. The third kappa shape index (κ3) is 6.27. The maximum Gasteiger partial charge on any atom is 0.306 e. The maximum absolute atomic E-state index is 10.7. The van der Waals surface area contributed by atoms with Gasteiger partial charge in [0.2, 0.25) is 11.1 Å². The second-order valence-electron chi connectivity index (χ2n) is 5.66. The first kappa shape index (κ1) is 22.3. The van der Waals surface area contributed by atoms with E-state index in [-0.39, 0.29) is 22.4 Å². The fourth-order valence-electron chi connectivity index (χ4n) is 2.22. The standard InChI is InChI=1S/C7H6N2O.C6H6N2O2.C5H3ClN2O2/c10-7-4-6-5(9-7)2-1-3-8-6;1-5-6(8(9)10)3-2-4-7-5;6-5-4(8(9)10)2-1-3-7-5/h1-3H,4H2,(H,9,10);2-4H,1H3;1-3H. The first-order valence-electron chi connectivity index (χ1n) is 8.34. The van der Waals surface area contributed by atoms with Crippen LogP contribution in [-0.2, 0) is 11.2 Å². The lowest BCUT2D eigenvalue weighted by Gasteiger charge is -1.92. The number of nitrogens with one attached hydrogen (secondary N) is 1. The van der Waals surface area contributed by atoms with Crippen molar-refractivity contribution >= 4 is 34.6 Å². The molecule has 4 rings (SSSR count). The lowest BCUT2D eigenvalue weighted by Crippen LogP contribution is -2.03. The van der Waals surface area contributed by atoms with Gasteiger partial charge in [0, 0.05) is 30.7 Å². The number of nitro groups is 2. The summed E-state index contributed by atoms with van der Waals surface area (Å²) in [5.74, 6) is 0.0358. The Morgan fingerprint density at radius 3 is 2.00 bits per heavy atom. The highest BCUT2D eigenvalue weighted by molar-refractivity contribution is 6.31. The molecule has 1 aliphatic heterocycles. The summed E-state index contributed by atoms with van der Waals surface area (Å²) < 4.78 is 0. The number of rotatable bonds is 2. The van der Waals surface area contributed by atoms with Crippen molar-refractivity contribution in [2.75, 3.05) is 5.32 Å². The van der Waals surface area contributed by atoms with Crippen LogP contribution >= 0.6 is 11.6 Å². The number of pyridine rings is 3. The molecule has 0 unspecified atom stereocenters. The van der Waals surface area contributed by atoms with Gasteiger partial charge < -0.3 is 5.32 Å². The summed E-state index contributed by atoms with van der Waals surface area (Å²) in [6.45, 7) is 1.61. The van der Waals surface area contributed by atoms with Gasteiger partial charge in [-0.25, -0.2) is 4.98 Å². The fourth-order valence-corrected chi connectivity index (χ4v) is 2.41. The maximum atomic E-state index is 10.7. The fraction of sp³-hybridized carbons (Fsp3) is 0.111. The van der Waals surface area contributed by atoms with Gasteiger partial charge in [-0.3, -0.25) is 35.0 Å². The molecule has 11 nitrogen and oxygen atoms in total. The van der Waals surface area contributed by atoms with Crippen LogP contribution in [-0.4, -0.2) is 30.7 Å². The normalized spacial score (nSPS) is 11.1. The minimum Gasteiger partial charge on any atom is -0.324 e. The van der Waals surface area contributed by atoms with Gasteiger partial charge in [-0.1, -0.05) is 11.6 Å². The summed E-state index contributed by atoms with van der Waals surface area (Å²) in [6, 6.07) is 9.41. The predicted octanol–water partition coefficient (Wildman–Crippen LogP) is 3.52. The second-order valence-corrected chi connectivity index (χ2v) is 6.02. The molecule has 0 bridgehead atoms. The first-order chi connectivity index (χ1) is 14.3. The molecule has 0 radical (unpaired) electrons. The summed E-state index contributed by atoms with van der Waals surface area (Å²) in [5.41, 5.74) is 2.07. The molecule has 3 aromatic heterocycles. The van der Waals surface area contributed by atoms with Crippen LogP contribution in [0.4, 0.5) is 17.1 Å². The van der Waals surface area contributed by atoms with Crippen LogP contribution in [0.1, 0.15) is 11.4 Å². The van der Waals surface area contributed by atoms with Crippen molar-refractivity contribution in [2.24, 2.45) is 0 Å². The third-order valence-electron chi connectivity index (χ3n) is 3.60. The monoisotopic (exact) mass is 430 g/mol. The van der Waals surface area contributed by atoms with Crippen molar-refractivity contribution in [3.05, 3.63) is 91.8 Å². The number of hydrogen-bond donors (Lipinski definition) is 1. The largest absolute Gasteiger partial charge is 0.324 e. The van der Waals surface area contributed by atoms with E-state index < -0.39 is 9.85 Å². The summed E-state index contributed by atoms with van der Waals surface area (Å²) in [7, 11) is 0. The molecule has 1 N–H and O–H groups in total.